The van der Waals surface area contributed by atoms with Crippen LogP contribution < -0.4 is 15.1 Å². The Labute approximate surface area is 183 Å². The average molecular weight is 504 g/mol. The van der Waals surface area contributed by atoms with Gasteiger partial charge in [0.15, 0.2) is 11.6 Å². The van der Waals surface area contributed by atoms with Crippen molar-refractivity contribution in [1.29, 1.82) is 0 Å². The normalized spacial score (nSPS) is 11.4. The number of sulfonamides is 1. The van der Waals surface area contributed by atoms with Crippen LogP contribution in [0.4, 0.5) is 17.3 Å². The summed E-state index contributed by atoms with van der Waals surface area (Å²) in [4.78, 5) is 19.8. The molecule has 0 radical (unpaired) electrons. The van der Waals surface area contributed by atoms with Gasteiger partial charge in [0.25, 0.3) is 10.0 Å². The third kappa shape index (κ3) is 4.27. The van der Waals surface area contributed by atoms with Crippen LogP contribution in [-0.4, -0.2) is 24.4 Å². The Bertz CT molecular complexity index is 1350. The Morgan fingerprint density at radius 2 is 1.57 bits per heavy atom. The molecule has 2 heterocycles. The first kappa shape index (κ1) is 20.3. The zero-order valence-corrected chi connectivity index (χ0v) is 18.2. The van der Waals surface area contributed by atoms with E-state index in [1.165, 1.54) is 30.3 Å². The first-order chi connectivity index (χ1) is 14.3. The predicted molar refractivity (Wildman–Crippen MR) is 116 cm³/mol. The molecule has 152 valence electrons. The number of nitrogens with one attached hydrogen (secondary N) is 2. The monoisotopic (exact) mass is 503 g/mol. The van der Waals surface area contributed by atoms with E-state index in [2.05, 4.69) is 35.9 Å². The highest BCUT2D eigenvalue weighted by Crippen LogP contribution is 2.30. The highest BCUT2D eigenvalue weighted by molar-refractivity contribution is 9.11. The predicted octanol–water partition coefficient (Wildman–Crippen LogP) is 3.36. The second-order valence-electron chi connectivity index (χ2n) is 6.06. The van der Waals surface area contributed by atoms with E-state index in [1.807, 2.05) is 0 Å². The quantitative estimate of drug-likeness (QED) is 0.413. The minimum Gasteiger partial charge on any atom is -0.545 e. The number of hydrogen-bond donors (Lipinski definition) is 2. The van der Waals surface area contributed by atoms with Gasteiger partial charge < -0.3 is 15.2 Å². The molecule has 0 amide bonds. The summed E-state index contributed by atoms with van der Waals surface area (Å²) in [5, 5.41) is 13.9. The van der Waals surface area contributed by atoms with E-state index in [-0.39, 0.29) is 21.4 Å². The second kappa shape index (κ2) is 8.01. The molecular formula is C19H12BrN4O4S2-. The van der Waals surface area contributed by atoms with Crippen molar-refractivity contribution in [3.63, 3.8) is 0 Å². The smallest absolute Gasteiger partial charge is 0.272 e. The summed E-state index contributed by atoms with van der Waals surface area (Å²) in [6.07, 6.45) is 0. The summed E-state index contributed by atoms with van der Waals surface area (Å²) >= 11 is 4.32. The molecule has 2 N–H and O–H groups in total. The number of benzene rings is 2. The summed E-state index contributed by atoms with van der Waals surface area (Å²) < 4.78 is 28.9. The molecule has 0 atom stereocenters. The number of anilines is 3. The molecule has 11 heteroatoms. The van der Waals surface area contributed by atoms with Crippen LogP contribution >= 0.6 is 27.3 Å². The number of aromatic nitrogens is 2. The Morgan fingerprint density at radius 3 is 2.13 bits per heavy atom. The van der Waals surface area contributed by atoms with E-state index >= 15 is 0 Å². The van der Waals surface area contributed by atoms with Gasteiger partial charge in [-0.1, -0.05) is 24.3 Å². The number of hydrogen-bond acceptors (Lipinski definition) is 8. The van der Waals surface area contributed by atoms with E-state index in [4.69, 9.17) is 0 Å². The molecule has 0 fully saturated rings. The van der Waals surface area contributed by atoms with Crippen LogP contribution in [-0.2, 0) is 10.0 Å². The number of carbonyl (C=O) groups excluding carboxylic acids is 1. The zero-order valence-electron chi connectivity index (χ0n) is 15.0. The van der Waals surface area contributed by atoms with Gasteiger partial charge in [0.05, 0.1) is 20.8 Å². The molecule has 0 bridgehead atoms. The number of fused-ring (bicyclic) bond motifs is 1. The summed E-state index contributed by atoms with van der Waals surface area (Å²) in [5.74, 6) is -1.10. The molecule has 2 aromatic heterocycles. The van der Waals surface area contributed by atoms with E-state index < -0.39 is 16.0 Å². The van der Waals surface area contributed by atoms with E-state index in [0.717, 1.165) is 11.3 Å². The molecule has 0 unspecified atom stereocenters. The first-order valence-electron chi connectivity index (χ1n) is 8.45. The molecule has 0 aliphatic rings. The Hall–Kier alpha value is -3.02. The molecular weight excluding hydrogens is 492 g/mol. The maximum atomic E-state index is 12.8. The number of halogens is 1. The third-order valence-electron chi connectivity index (χ3n) is 4.00. The van der Waals surface area contributed by atoms with Gasteiger partial charge in [-0.25, -0.2) is 18.4 Å². The molecule has 0 saturated heterocycles. The SMILES string of the molecule is O=C([O-])c1ccc(Nc2nc3ccccc3nc2NS(=O)(=O)c2ccc(Br)s2)cc1. The minimum atomic E-state index is -3.88. The summed E-state index contributed by atoms with van der Waals surface area (Å²) in [6, 6.07) is 16.0. The molecule has 0 aliphatic heterocycles. The van der Waals surface area contributed by atoms with Gasteiger partial charge in [-0.15, -0.1) is 11.3 Å². The molecule has 0 saturated carbocycles. The van der Waals surface area contributed by atoms with Gasteiger partial charge in [0.2, 0.25) is 0 Å². The topological polar surface area (TPSA) is 124 Å². The van der Waals surface area contributed by atoms with Crippen LogP contribution in [0.5, 0.6) is 0 Å². The van der Waals surface area contributed by atoms with Crippen molar-refractivity contribution in [2.75, 3.05) is 10.0 Å². The van der Waals surface area contributed by atoms with Crippen LogP contribution in [0, 0.1) is 0 Å². The number of carboxylic acids is 1. The highest BCUT2D eigenvalue weighted by atomic mass is 79.9. The number of aromatic carboxylic acids is 1. The molecule has 2 aromatic carbocycles. The van der Waals surface area contributed by atoms with Crippen LogP contribution in [0.2, 0.25) is 0 Å². The number of carbonyl (C=O) groups is 1. The molecule has 8 nitrogen and oxygen atoms in total. The van der Waals surface area contributed by atoms with Gasteiger partial charge in [-0.05, 0) is 57.9 Å². The van der Waals surface area contributed by atoms with Crippen LogP contribution in [0.1, 0.15) is 10.4 Å². The maximum Gasteiger partial charge on any atom is 0.272 e. The van der Waals surface area contributed by atoms with Gasteiger partial charge in [-0.2, -0.15) is 0 Å². The van der Waals surface area contributed by atoms with Crippen molar-refractivity contribution in [2.24, 2.45) is 0 Å². The number of para-hydroxylation sites is 2. The lowest BCUT2D eigenvalue weighted by Gasteiger charge is -2.13. The van der Waals surface area contributed by atoms with Gasteiger partial charge >= 0.3 is 0 Å². The lowest BCUT2D eigenvalue weighted by molar-refractivity contribution is -0.255. The summed E-state index contributed by atoms with van der Waals surface area (Å²) in [6.45, 7) is 0. The number of carboxylic acid groups (broad SMARTS) is 1. The fraction of sp³-hybridized carbons (Fsp3) is 0. The number of nitrogens with zero attached hydrogens (tertiary/aromatic N) is 2. The number of thiophene rings is 1. The van der Waals surface area contributed by atoms with Gasteiger partial charge in [0, 0.05) is 5.69 Å². The standard InChI is InChI=1S/C19H13BrN4O4S2/c20-15-9-10-16(29-15)30(27,28)24-18-17(22-13-3-1-2-4-14(13)23-18)21-12-7-5-11(6-8-12)19(25)26/h1-10H,(H,21,22)(H,23,24)(H,25,26)/p-1. The highest BCUT2D eigenvalue weighted by Gasteiger charge is 2.20. The average Bonchev–Trinajstić information content (AvgIpc) is 3.16. The zero-order chi connectivity index (χ0) is 21.3. The fourth-order valence-corrected chi connectivity index (χ4v) is 5.62. The lowest BCUT2D eigenvalue weighted by Crippen LogP contribution is -2.21. The van der Waals surface area contributed by atoms with E-state index in [1.54, 1.807) is 30.3 Å². The third-order valence-corrected chi connectivity index (χ3v) is 7.45. The van der Waals surface area contributed by atoms with Crippen molar-refractivity contribution >= 4 is 71.6 Å². The number of rotatable bonds is 6. The Morgan fingerprint density at radius 1 is 0.933 bits per heavy atom. The van der Waals surface area contributed by atoms with Crippen molar-refractivity contribution in [1.82, 2.24) is 9.97 Å². The molecule has 0 aliphatic carbocycles. The largest absolute Gasteiger partial charge is 0.545 e. The fourth-order valence-electron chi connectivity index (χ4n) is 2.60. The van der Waals surface area contributed by atoms with Crippen LogP contribution in [0.15, 0.2) is 68.7 Å². The molecule has 0 spiro atoms. The Kier molecular flexibility index (Phi) is 5.41. The summed E-state index contributed by atoms with van der Waals surface area (Å²) in [7, 11) is -3.88. The van der Waals surface area contributed by atoms with E-state index in [0.29, 0.717) is 20.5 Å². The van der Waals surface area contributed by atoms with Crippen molar-refractivity contribution < 1.29 is 18.3 Å². The lowest BCUT2D eigenvalue weighted by atomic mass is 10.2. The minimum absolute atomic E-state index is 0.0159. The molecule has 4 aromatic rings. The van der Waals surface area contributed by atoms with Crippen molar-refractivity contribution in [3.8, 4) is 0 Å². The van der Waals surface area contributed by atoms with Crippen molar-refractivity contribution in [3.05, 3.63) is 70.0 Å². The van der Waals surface area contributed by atoms with Crippen LogP contribution in [0.3, 0.4) is 0 Å². The van der Waals surface area contributed by atoms with Crippen LogP contribution in [0.25, 0.3) is 11.0 Å². The Balaban J connectivity index is 1.74. The van der Waals surface area contributed by atoms with Gasteiger partial charge in [0.1, 0.15) is 4.21 Å². The first-order valence-corrected chi connectivity index (χ1v) is 11.5. The second-order valence-corrected chi connectivity index (χ2v) is 10.4. The molecule has 4 rings (SSSR count). The van der Waals surface area contributed by atoms with Gasteiger partial charge in [-0.3, -0.25) is 4.72 Å². The van der Waals surface area contributed by atoms with Crippen molar-refractivity contribution in [2.45, 2.75) is 4.21 Å². The molecule has 30 heavy (non-hydrogen) atoms. The van der Waals surface area contributed by atoms with E-state index in [9.17, 15) is 18.3 Å². The maximum absolute atomic E-state index is 12.8. The summed E-state index contributed by atoms with van der Waals surface area (Å²) in [5.41, 5.74) is 1.60.